The zero-order chi connectivity index (χ0) is 23.6. The molecule has 2 aromatic rings. The number of rotatable bonds is 14. The maximum atomic E-state index is 10.0. The van der Waals surface area contributed by atoms with Gasteiger partial charge in [-0.05, 0) is 48.2 Å². The van der Waals surface area contributed by atoms with E-state index >= 15 is 0 Å². The van der Waals surface area contributed by atoms with Crippen LogP contribution in [-0.4, -0.2) is 43.5 Å². The average Bonchev–Trinajstić information content (AvgIpc) is 2.79. The second-order valence-electron chi connectivity index (χ2n) is 9.09. The van der Waals surface area contributed by atoms with Crippen LogP contribution in [0.15, 0.2) is 42.5 Å². The number of aryl methyl sites for hydroxylation is 1. The van der Waals surface area contributed by atoms with Gasteiger partial charge < -0.3 is 19.3 Å². The van der Waals surface area contributed by atoms with Gasteiger partial charge in [-0.2, -0.15) is 0 Å². The maximum absolute atomic E-state index is 10.0. The Labute approximate surface area is 198 Å². The minimum atomic E-state index is -0.626. The average molecular weight is 463 g/mol. The molecule has 0 bridgehead atoms. The molecule has 0 aliphatic rings. The number of alkyl halides is 1. The van der Waals surface area contributed by atoms with Crippen molar-refractivity contribution in [3.05, 3.63) is 59.2 Å². The predicted octanol–water partition coefficient (Wildman–Crippen LogP) is 6.13. The van der Waals surface area contributed by atoms with Crippen LogP contribution < -0.4 is 9.47 Å². The summed E-state index contributed by atoms with van der Waals surface area (Å²) in [5.74, 6) is 2.56. The second-order valence-corrected chi connectivity index (χ2v) is 9.40. The lowest BCUT2D eigenvalue weighted by Crippen LogP contribution is -2.23. The van der Waals surface area contributed by atoms with E-state index in [0.717, 1.165) is 29.9 Å². The second kappa shape index (κ2) is 13.1. The molecule has 0 aromatic heterocycles. The molecule has 0 saturated carbocycles. The van der Waals surface area contributed by atoms with Crippen molar-refractivity contribution in [2.45, 2.75) is 59.0 Å². The molecule has 0 aliphatic heterocycles. The van der Waals surface area contributed by atoms with E-state index in [0.29, 0.717) is 31.6 Å². The van der Waals surface area contributed by atoms with Gasteiger partial charge in [0, 0.05) is 23.8 Å². The summed E-state index contributed by atoms with van der Waals surface area (Å²) >= 11 is 5.88. The van der Waals surface area contributed by atoms with Crippen LogP contribution >= 0.6 is 11.6 Å². The number of halogens is 1. The molecular weight excluding hydrogens is 424 g/mol. The monoisotopic (exact) mass is 462 g/mol. The van der Waals surface area contributed by atoms with Gasteiger partial charge in [0.1, 0.15) is 24.2 Å². The van der Waals surface area contributed by atoms with Crippen LogP contribution in [0, 0.1) is 12.8 Å². The van der Waals surface area contributed by atoms with Crippen molar-refractivity contribution in [1.82, 2.24) is 0 Å². The van der Waals surface area contributed by atoms with Crippen LogP contribution in [0.25, 0.3) is 0 Å². The first-order chi connectivity index (χ1) is 15.3. The Balaban J connectivity index is 1.96. The molecule has 0 fully saturated rings. The van der Waals surface area contributed by atoms with Crippen molar-refractivity contribution >= 4 is 11.6 Å². The quantitative estimate of drug-likeness (QED) is 0.271. The van der Waals surface area contributed by atoms with Crippen LogP contribution in [-0.2, 0) is 10.2 Å². The topological polar surface area (TPSA) is 47.9 Å². The SMILES string of the molecule is CCCCOCC(O)COc1ccc(C(C)(C)c2ccc(OCC(C)CCl)c(C)c2)cc1. The molecule has 2 unspecified atom stereocenters. The zero-order valence-electron chi connectivity index (χ0n) is 20.2. The minimum absolute atomic E-state index is 0.169. The molecule has 1 N–H and O–H groups in total. The van der Waals surface area contributed by atoms with Crippen LogP contribution in [0.4, 0.5) is 0 Å². The first-order valence-corrected chi connectivity index (χ1v) is 12.1. The van der Waals surface area contributed by atoms with Crippen molar-refractivity contribution < 1.29 is 19.3 Å². The first kappa shape index (κ1) is 26.5. The molecule has 2 rings (SSSR count). The summed E-state index contributed by atoms with van der Waals surface area (Å²) in [5, 5.41) is 10.0. The molecule has 0 spiro atoms. The number of aliphatic hydroxyl groups is 1. The highest BCUT2D eigenvalue weighted by atomic mass is 35.5. The van der Waals surface area contributed by atoms with E-state index in [1.54, 1.807) is 0 Å². The summed E-state index contributed by atoms with van der Waals surface area (Å²) < 4.78 is 17.1. The van der Waals surface area contributed by atoms with Gasteiger partial charge >= 0.3 is 0 Å². The van der Waals surface area contributed by atoms with Crippen LogP contribution in [0.5, 0.6) is 11.5 Å². The Hall–Kier alpha value is -1.75. The summed E-state index contributed by atoms with van der Waals surface area (Å²) in [5.41, 5.74) is 3.36. The van der Waals surface area contributed by atoms with Gasteiger partial charge in [-0.1, -0.05) is 58.4 Å². The van der Waals surface area contributed by atoms with Crippen molar-refractivity contribution in [2.24, 2.45) is 5.92 Å². The van der Waals surface area contributed by atoms with E-state index in [-0.39, 0.29) is 12.0 Å². The Kier molecular flexibility index (Phi) is 10.8. The summed E-state index contributed by atoms with van der Waals surface area (Å²) in [6.07, 6.45) is 1.47. The van der Waals surface area contributed by atoms with Gasteiger partial charge in [-0.3, -0.25) is 0 Å². The predicted molar refractivity (Wildman–Crippen MR) is 132 cm³/mol. The molecule has 0 aliphatic carbocycles. The number of hydrogen-bond acceptors (Lipinski definition) is 4. The fourth-order valence-electron chi connectivity index (χ4n) is 3.32. The fraction of sp³-hybridized carbons (Fsp3) is 0.556. The summed E-state index contributed by atoms with van der Waals surface area (Å²) in [7, 11) is 0. The lowest BCUT2D eigenvalue weighted by molar-refractivity contribution is 0.0113. The van der Waals surface area contributed by atoms with E-state index in [4.69, 9.17) is 25.8 Å². The molecule has 0 amide bonds. The lowest BCUT2D eigenvalue weighted by Gasteiger charge is -2.27. The minimum Gasteiger partial charge on any atom is -0.493 e. The fourth-order valence-corrected chi connectivity index (χ4v) is 3.41. The lowest BCUT2D eigenvalue weighted by atomic mass is 9.77. The smallest absolute Gasteiger partial charge is 0.122 e. The van der Waals surface area contributed by atoms with Gasteiger partial charge in [-0.15, -0.1) is 11.6 Å². The van der Waals surface area contributed by atoms with Crippen molar-refractivity contribution in [3.8, 4) is 11.5 Å². The highest BCUT2D eigenvalue weighted by Gasteiger charge is 2.24. The molecule has 0 heterocycles. The van der Waals surface area contributed by atoms with Gasteiger partial charge in [-0.25, -0.2) is 0 Å². The highest BCUT2D eigenvalue weighted by Crippen LogP contribution is 2.34. The molecule has 4 nitrogen and oxygen atoms in total. The highest BCUT2D eigenvalue weighted by molar-refractivity contribution is 6.18. The normalized spacial score (nSPS) is 13.6. The third-order valence-corrected chi connectivity index (χ3v) is 6.18. The maximum Gasteiger partial charge on any atom is 0.122 e. The van der Waals surface area contributed by atoms with Gasteiger partial charge in [0.2, 0.25) is 0 Å². The van der Waals surface area contributed by atoms with E-state index in [2.05, 4.69) is 65.0 Å². The van der Waals surface area contributed by atoms with Crippen LogP contribution in [0.3, 0.4) is 0 Å². The van der Waals surface area contributed by atoms with E-state index < -0.39 is 6.10 Å². The Bertz CT molecular complexity index is 804. The molecule has 5 heteroatoms. The van der Waals surface area contributed by atoms with Crippen molar-refractivity contribution in [2.75, 3.05) is 32.3 Å². The van der Waals surface area contributed by atoms with Crippen molar-refractivity contribution in [1.29, 1.82) is 0 Å². The largest absolute Gasteiger partial charge is 0.493 e. The Morgan fingerprint density at radius 1 is 0.969 bits per heavy atom. The van der Waals surface area contributed by atoms with Gasteiger partial charge in [0.05, 0.1) is 13.2 Å². The van der Waals surface area contributed by atoms with E-state index in [1.165, 1.54) is 11.1 Å². The Morgan fingerprint density at radius 2 is 1.66 bits per heavy atom. The van der Waals surface area contributed by atoms with E-state index in [9.17, 15) is 5.11 Å². The molecular formula is C27H39ClO4. The molecule has 2 aromatic carbocycles. The standard InChI is InChI=1S/C27H39ClO4/c1-6-7-14-30-18-24(29)19-31-25-11-8-22(9-12-25)27(4,5)23-10-13-26(21(3)15-23)32-17-20(2)16-28/h8-13,15,20,24,29H,6-7,14,16-19H2,1-5H3. The molecule has 32 heavy (non-hydrogen) atoms. The van der Waals surface area contributed by atoms with Crippen LogP contribution in [0.2, 0.25) is 0 Å². The number of ether oxygens (including phenoxy) is 3. The molecule has 178 valence electrons. The molecule has 0 saturated heterocycles. The third kappa shape index (κ3) is 7.99. The van der Waals surface area contributed by atoms with E-state index in [1.807, 2.05) is 12.1 Å². The first-order valence-electron chi connectivity index (χ1n) is 11.6. The third-order valence-electron chi connectivity index (χ3n) is 5.65. The number of benzene rings is 2. The number of hydrogen-bond donors (Lipinski definition) is 1. The zero-order valence-corrected chi connectivity index (χ0v) is 21.0. The summed E-state index contributed by atoms with van der Waals surface area (Å²) in [6.45, 7) is 12.5. The van der Waals surface area contributed by atoms with Gasteiger partial charge in [0.15, 0.2) is 0 Å². The number of aliphatic hydroxyl groups excluding tert-OH is 1. The van der Waals surface area contributed by atoms with Crippen molar-refractivity contribution in [3.63, 3.8) is 0 Å². The van der Waals surface area contributed by atoms with Crippen LogP contribution in [0.1, 0.15) is 57.2 Å². The molecule has 0 radical (unpaired) electrons. The number of unbranched alkanes of at least 4 members (excludes halogenated alkanes) is 1. The Morgan fingerprint density at radius 3 is 2.28 bits per heavy atom. The van der Waals surface area contributed by atoms with Gasteiger partial charge in [0.25, 0.3) is 0 Å². The summed E-state index contributed by atoms with van der Waals surface area (Å²) in [4.78, 5) is 0. The molecule has 2 atom stereocenters. The summed E-state index contributed by atoms with van der Waals surface area (Å²) in [6, 6.07) is 14.5.